The lowest BCUT2D eigenvalue weighted by Crippen LogP contribution is -2.45. The summed E-state index contributed by atoms with van der Waals surface area (Å²) in [6.07, 6.45) is 1.54. The van der Waals surface area contributed by atoms with E-state index in [4.69, 9.17) is 13.9 Å². The molecule has 0 saturated heterocycles. The third-order valence-corrected chi connectivity index (χ3v) is 4.83. The van der Waals surface area contributed by atoms with Crippen LogP contribution in [0.15, 0.2) is 58.3 Å². The number of ether oxygens (including phenoxy) is 2. The third kappa shape index (κ3) is 3.84. The summed E-state index contributed by atoms with van der Waals surface area (Å²) in [5.74, 6) is -1.07. The predicted molar refractivity (Wildman–Crippen MR) is 109 cm³/mol. The van der Waals surface area contributed by atoms with Crippen LogP contribution >= 0.6 is 0 Å². The van der Waals surface area contributed by atoms with Crippen LogP contribution in [0.1, 0.15) is 12.5 Å². The van der Waals surface area contributed by atoms with Crippen molar-refractivity contribution in [3.63, 3.8) is 0 Å². The number of urea groups is 1. The Morgan fingerprint density at radius 3 is 2.80 bits per heavy atom. The number of hydrogen-bond acceptors (Lipinski definition) is 6. The fraction of sp³-hybridized carbons (Fsp3) is 0.227. The van der Waals surface area contributed by atoms with Crippen molar-refractivity contribution in [3.8, 4) is 0 Å². The monoisotopic (exact) mass is 408 g/mol. The molecule has 30 heavy (non-hydrogen) atoms. The molecule has 2 N–H and O–H groups in total. The predicted octanol–water partition coefficient (Wildman–Crippen LogP) is 2.80. The Morgan fingerprint density at radius 1 is 1.13 bits per heavy atom. The summed E-state index contributed by atoms with van der Waals surface area (Å²) in [5.41, 5.74) is 1.84. The maximum absolute atomic E-state index is 12.5. The summed E-state index contributed by atoms with van der Waals surface area (Å²) >= 11 is 0. The van der Waals surface area contributed by atoms with Crippen molar-refractivity contribution in [2.75, 3.05) is 19.8 Å². The van der Waals surface area contributed by atoms with Crippen LogP contribution in [0, 0.1) is 0 Å². The Bertz CT molecular complexity index is 1180. The summed E-state index contributed by atoms with van der Waals surface area (Å²) in [5, 5.41) is 7.91. The number of hydrogen-bond donors (Lipinski definition) is 2. The molecule has 1 aliphatic rings. The zero-order valence-electron chi connectivity index (χ0n) is 16.3. The topological polar surface area (TPSA) is 107 Å². The lowest BCUT2D eigenvalue weighted by Gasteiger charge is -2.21. The van der Waals surface area contributed by atoms with Crippen LogP contribution in [0.2, 0.25) is 0 Å². The lowest BCUT2D eigenvalue weighted by molar-refractivity contribution is -0.143. The number of nitrogens with one attached hydrogen (secondary N) is 2. The maximum atomic E-state index is 12.5. The molecule has 0 saturated carbocycles. The average Bonchev–Trinajstić information content (AvgIpc) is 3.15. The van der Waals surface area contributed by atoms with Gasteiger partial charge in [-0.3, -0.25) is 4.79 Å². The first-order valence-electron chi connectivity index (χ1n) is 9.54. The summed E-state index contributed by atoms with van der Waals surface area (Å²) < 4.78 is 15.9. The van der Waals surface area contributed by atoms with Gasteiger partial charge in [0.05, 0.1) is 37.1 Å². The summed E-state index contributed by atoms with van der Waals surface area (Å²) in [6.45, 7) is 1.66. The molecule has 8 heteroatoms. The van der Waals surface area contributed by atoms with Crippen molar-refractivity contribution >= 4 is 39.7 Å². The van der Waals surface area contributed by atoms with Crippen LogP contribution in [0.5, 0.6) is 0 Å². The molecule has 0 radical (unpaired) electrons. The van der Waals surface area contributed by atoms with Crippen LogP contribution in [0.4, 0.5) is 4.79 Å². The molecule has 2 amide bonds. The highest BCUT2D eigenvalue weighted by molar-refractivity contribution is 6.08. The molecule has 8 nitrogen and oxygen atoms in total. The molecule has 0 fully saturated rings. The number of fused-ring (bicyclic) bond motifs is 3. The van der Waals surface area contributed by atoms with Crippen LogP contribution in [0.3, 0.4) is 0 Å². The van der Waals surface area contributed by atoms with Gasteiger partial charge in [-0.2, -0.15) is 0 Å². The third-order valence-electron chi connectivity index (χ3n) is 4.83. The molecule has 2 aromatic carbocycles. The van der Waals surface area contributed by atoms with Crippen molar-refractivity contribution < 1.29 is 28.3 Å². The molecule has 4 rings (SSSR count). The van der Waals surface area contributed by atoms with E-state index in [0.29, 0.717) is 11.1 Å². The number of esters is 2. The second-order valence-electron chi connectivity index (χ2n) is 6.74. The van der Waals surface area contributed by atoms with Crippen molar-refractivity contribution in [1.82, 2.24) is 10.6 Å². The minimum Gasteiger partial charge on any atom is -0.464 e. The van der Waals surface area contributed by atoms with Crippen molar-refractivity contribution in [2.24, 2.45) is 0 Å². The molecule has 1 aliphatic heterocycles. The van der Waals surface area contributed by atoms with Crippen LogP contribution in [-0.2, 0) is 25.5 Å². The van der Waals surface area contributed by atoms with E-state index in [0.717, 1.165) is 16.2 Å². The van der Waals surface area contributed by atoms with Gasteiger partial charge in [0.2, 0.25) is 0 Å². The van der Waals surface area contributed by atoms with Gasteiger partial charge in [-0.25, -0.2) is 9.59 Å². The van der Waals surface area contributed by atoms with E-state index in [2.05, 4.69) is 10.6 Å². The standard InChI is InChI=1S/C22H20N2O6/c1-2-28-21(26)16-10-23-22(27)24-17(16)12-30-19(25)9-14-11-29-18-8-7-13-5-3-4-6-15(13)20(14)18/h3-8,11H,2,9-10,12H2,1H3,(H2,23,24,27). The molecular formula is C22H20N2O6. The van der Waals surface area contributed by atoms with Gasteiger partial charge in [0.25, 0.3) is 0 Å². The van der Waals surface area contributed by atoms with Gasteiger partial charge in [-0.1, -0.05) is 30.3 Å². The number of carbonyl (C=O) groups is 3. The van der Waals surface area contributed by atoms with E-state index in [1.165, 1.54) is 0 Å². The van der Waals surface area contributed by atoms with E-state index in [-0.39, 0.29) is 37.4 Å². The van der Waals surface area contributed by atoms with E-state index in [1.54, 1.807) is 13.2 Å². The Hall–Kier alpha value is -3.81. The first-order valence-corrected chi connectivity index (χ1v) is 9.54. The zero-order valence-corrected chi connectivity index (χ0v) is 16.3. The van der Waals surface area contributed by atoms with Gasteiger partial charge in [0, 0.05) is 10.9 Å². The zero-order chi connectivity index (χ0) is 21.1. The van der Waals surface area contributed by atoms with E-state index >= 15 is 0 Å². The average molecular weight is 408 g/mol. The second kappa shape index (κ2) is 8.28. The Morgan fingerprint density at radius 2 is 1.97 bits per heavy atom. The molecule has 0 spiro atoms. The summed E-state index contributed by atoms with van der Waals surface area (Å²) in [7, 11) is 0. The molecule has 2 heterocycles. The van der Waals surface area contributed by atoms with E-state index < -0.39 is 18.0 Å². The first kappa shape index (κ1) is 19.5. The number of furan rings is 1. The van der Waals surface area contributed by atoms with Gasteiger partial charge in [-0.05, 0) is 23.8 Å². The smallest absolute Gasteiger partial charge is 0.337 e. The fourth-order valence-electron chi connectivity index (χ4n) is 3.43. The highest BCUT2D eigenvalue weighted by Crippen LogP contribution is 2.30. The quantitative estimate of drug-likeness (QED) is 0.608. The fourth-order valence-corrected chi connectivity index (χ4v) is 3.43. The van der Waals surface area contributed by atoms with Gasteiger partial charge in [0.1, 0.15) is 12.2 Å². The molecule has 0 bridgehead atoms. The Labute approximate surface area is 171 Å². The number of benzene rings is 2. The SMILES string of the molecule is CCOC(=O)C1=C(COC(=O)Cc2coc3ccc4ccccc4c23)NC(=O)NC1. The second-order valence-corrected chi connectivity index (χ2v) is 6.74. The van der Waals surface area contributed by atoms with Crippen LogP contribution in [-0.4, -0.2) is 37.7 Å². The molecule has 0 atom stereocenters. The normalized spacial score (nSPS) is 13.8. The molecule has 0 unspecified atom stereocenters. The maximum Gasteiger partial charge on any atom is 0.337 e. The number of carbonyl (C=O) groups excluding carboxylic acids is 3. The van der Waals surface area contributed by atoms with Crippen molar-refractivity contribution in [2.45, 2.75) is 13.3 Å². The van der Waals surface area contributed by atoms with Crippen LogP contribution < -0.4 is 10.6 Å². The van der Waals surface area contributed by atoms with Gasteiger partial charge in [-0.15, -0.1) is 0 Å². The summed E-state index contributed by atoms with van der Waals surface area (Å²) in [6, 6.07) is 11.2. The number of amides is 2. The van der Waals surface area contributed by atoms with Crippen molar-refractivity contribution in [1.29, 1.82) is 0 Å². The lowest BCUT2D eigenvalue weighted by atomic mass is 10.0. The Balaban J connectivity index is 1.52. The van der Waals surface area contributed by atoms with Gasteiger partial charge >= 0.3 is 18.0 Å². The van der Waals surface area contributed by atoms with Crippen LogP contribution in [0.25, 0.3) is 21.7 Å². The van der Waals surface area contributed by atoms with E-state index in [1.807, 2.05) is 36.4 Å². The summed E-state index contributed by atoms with van der Waals surface area (Å²) in [4.78, 5) is 36.2. The van der Waals surface area contributed by atoms with Gasteiger partial charge < -0.3 is 24.5 Å². The molecular weight excluding hydrogens is 388 g/mol. The van der Waals surface area contributed by atoms with Crippen molar-refractivity contribution in [3.05, 3.63) is 59.5 Å². The van der Waals surface area contributed by atoms with Gasteiger partial charge in [0.15, 0.2) is 0 Å². The number of rotatable bonds is 6. The largest absolute Gasteiger partial charge is 0.464 e. The van der Waals surface area contributed by atoms with E-state index in [9.17, 15) is 14.4 Å². The minimum atomic E-state index is -0.566. The highest BCUT2D eigenvalue weighted by Gasteiger charge is 2.24. The Kier molecular flexibility index (Phi) is 5.38. The first-order chi connectivity index (χ1) is 14.6. The molecule has 1 aromatic heterocycles. The molecule has 0 aliphatic carbocycles. The minimum absolute atomic E-state index is 0.00474. The molecule has 154 valence electrons. The molecule has 3 aromatic rings. The highest BCUT2D eigenvalue weighted by atomic mass is 16.5.